The molecule has 1 saturated heterocycles. The quantitative estimate of drug-likeness (QED) is 0.0501. The van der Waals surface area contributed by atoms with Gasteiger partial charge in [-0.3, -0.25) is 24.9 Å². The van der Waals surface area contributed by atoms with E-state index in [0.717, 1.165) is 107 Å². The highest BCUT2D eigenvalue weighted by Crippen LogP contribution is 2.36. The molecule has 2 aliphatic rings. The van der Waals surface area contributed by atoms with Crippen molar-refractivity contribution in [3.8, 4) is 69.0 Å². The lowest BCUT2D eigenvalue weighted by Crippen LogP contribution is -2.46. The third kappa shape index (κ3) is 20.8. The molecular weight excluding hydrogens is 1640 g/mol. The molecule has 0 radical (unpaired) electrons. The number of aromatic carboxylic acids is 3. The minimum Gasteiger partial charge on any atom is -0.478 e. The normalized spacial score (nSPS) is 12.4. The smallest absolute Gasteiger partial charge is 0.337 e. The molecule has 14 aromatic rings. The Morgan fingerprint density at radius 2 is 0.931 bits per heavy atom. The summed E-state index contributed by atoms with van der Waals surface area (Å²) < 4.78 is 20.3. The number of aromatic nitrogens is 13. The van der Waals surface area contributed by atoms with Crippen LogP contribution in [0.3, 0.4) is 0 Å². The van der Waals surface area contributed by atoms with E-state index in [0.29, 0.717) is 87.9 Å². The number of carbonyl (C=O) groups is 4. The van der Waals surface area contributed by atoms with Crippen molar-refractivity contribution in [1.82, 2.24) is 68.0 Å². The van der Waals surface area contributed by atoms with Gasteiger partial charge in [0, 0.05) is 105 Å². The van der Waals surface area contributed by atoms with Gasteiger partial charge in [-0.15, -0.1) is 0 Å². The number of carboxylic acid groups (broad SMARTS) is 3. The Hall–Kier alpha value is -12.3. The number of nitrogens with zero attached hydrogens (tertiary/aromatic N) is 15. The number of piperazine rings is 1. The van der Waals surface area contributed by atoms with Crippen molar-refractivity contribution in [1.29, 1.82) is 0 Å². The predicted molar refractivity (Wildman–Crippen MR) is 452 cm³/mol. The molecule has 10 heterocycles. The Labute approximate surface area is 696 Å². The fourth-order valence-corrected chi connectivity index (χ4v) is 14.7. The second kappa shape index (κ2) is 39.1. The molecule has 1 aliphatic carbocycles. The molecule has 1 aliphatic heterocycles. The number of carbonyl (C=O) groups excluding carboxylic acids is 1. The summed E-state index contributed by atoms with van der Waals surface area (Å²) >= 11 is 18.9. The fraction of sp³-hybridized carbons (Fsp3) is 0.193. The first-order chi connectivity index (χ1) is 56.4. The topological polar surface area (TPSA) is 290 Å². The third-order valence-electron chi connectivity index (χ3n) is 19.7. The number of rotatable bonds is 23. The molecule has 24 nitrogen and oxygen atoms in total. The number of methoxy groups -OCH3 is 1. The largest absolute Gasteiger partial charge is 0.478 e. The number of ether oxygens (including phenoxy) is 2. The van der Waals surface area contributed by atoms with Gasteiger partial charge in [-0.2, -0.15) is 0 Å². The van der Waals surface area contributed by atoms with Crippen molar-refractivity contribution in [3.05, 3.63) is 319 Å². The Kier molecular flexibility index (Phi) is 27.6. The Balaban J connectivity index is 0.000000135. The SMILES string of the molecule is CCN1CCN(c2ccc(Cn3ccnc3-c3cc(C(=O)O)ccn3)c3c2CCCC3)CC1.COC(=O)c1ccnc(-c2ncc(Br)n2Cc2ccc(Oc3ccccc3)cc2)c1.O=C(O)c1ccnc(-c2ncc(-c3ccccn3)n2CCc2ccc(Cl)cc2)c1.O=C(O)c1ccnc(-c2ncc(Br)n2CCc2ccc(Cl)cc2)c1. The molecule has 0 bridgehead atoms. The van der Waals surface area contributed by atoms with Gasteiger partial charge >= 0.3 is 23.9 Å². The van der Waals surface area contributed by atoms with E-state index >= 15 is 0 Å². The van der Waals surface area contributed by atoms with E-state index in [1.54, 1.807) is 55.4 Å². The molecule has 28 heteroatoms. The molecule has 0 spiro atoms. The van der Waals surface area contributed by atoms with Crippen LogP contribution < -0.4 is 9.64 Å². The molecule has 588 valence electrons. The zero-order valence-electron chi connectivity index (χ0n) is 63.2. The Morgan fingerprint density at radius 1 is 0.448 bits per heavy atom. The number of carboxylic acids is 3. The Bertz CT molecular complexity index is 5730. The van der Waals surface area contributed by atoms with Crippen LogP contribution in [-0.4, -0.2) is 147 Å². The molecule has 0 unspecified atom stereocenters. The van der Waals surface area contributed by atoms with Crippen molar-refractivity contribution in [2.45, 2.75) is 71.6 Å². The van der Waals surface area contributed by atoms with Crippen molar-refractivity contribution in [2.75, 3.05) is 44.7 Å². The highest BCUT2D eigenvalue weighted by molar-refractivity contribution is 9.10. The van der Waals surface area contributed by atoms with E-state index in [-0.39, 0.29) is 16.7 Å². The second-order valence-electron chi connectivity index (χ2n) is 27.0. The molecule has 0 amide bonds. The predicted octanol–water partition coefficient (Wildman–Crippen LogP) is 18.0. The second-order valence-corrected chi connectivity index (χ2v) is 29.5. The van der Waals surface area contributed by atoms with Gasteiger partial charge in [-0.1, -0.05) is 96.9 Å². The van der Waals surface area contributed by atoms with Gasteiger partial charge in [0.25, 0.3) is 0 Å². The number of pyridine rings is 5. The van der Waals surface area contributed by atoms with Gasteiger partial charge in [0.05, 0.1) is 65.9 Å². The van der Waals surface area contributed by atoms with Crippen LogP contribution >= 0.6 is 55.1 Å². The van der Waals surface area contributed by atoms with Gasteiger partial charge in [0.15, 0.2) is 23.3 Å². The summed E-state index contributed by atoms with van der Waals surface area (Å²) in [7, 11) is 1.35. The average Bonchev–Trinajstić information content (AvgIpc) is 0.925. The van der Waals surface area contributed by atoms with Crippen molar-refractivity contribution < 1.29 is 44.0 Å². The lowest BCUT2D eigenvalue weighted by Gasteiger charge is -2.38. The number of fused-ring (bicyclic) bond motifs is 1. The number of para-hydroxylation sites is 1. The van der Waals surface area contributed by atoms with Crippen molar-refractivity contribution in [3.63, 3.8) is 0 Å². The maximum absolute atomic E-state index is 11.8. The van der Waals surface area contributed by atoms with E-state index in [9.17, 15) is 29.4 Å². The number of anilines is 1. The number of hydrogen-bond donors (Lipinski definition) is 3. The maximum atomic E-state index is 11.8. The van der Waals surface area contributed by atoms with E-state index < -0.39 is 23.9 Å². The molecular formula is C88H79Br2Cl2N15O9. The monoisotopic (exact) mass is 1720 g/mol. The lowest BCUT2D eigenvalue weighted by atomic mass is 9.86. The van der Waals surface area contributed by atoms with Crippen LogP contribution in [0, 0.1) is 0 Å². The first-order valence-electron chi connectivity index (χ1n) is 37.4. The molecule has 16 rings (SSSR count). The first kappa shape index (κ1) is 81.7. The molecule has 0 atom stereocenters. The van der Waals surface area contributed by atoms with Crippen molar-refractivity contribution >= 4 is 84.6 Å². The standard InChI is InChI=1S/C26H31N5O2.C23H18BrN3O3.C22H17ClN4O2.C17H13BrClN3O2/c1-2-29-13-15-30(16-14-29)24-8-7-20(21-5-3-4-6-22(21)24)18-31-12-11-28-25(31)23-17-19(26(32)33)9-10-27-23;1-29-23(28)17-11-12-25-20(13-17)22-26-14-21(24)27(22)15-16-7-9-19(10-8-16)30-18-5-3-2-4-6-18;23-17-6-4-15(5-7-17)9-12-27-20(18-3-1-2-10-24-18)14-26-21(27)19-13-16(22(28)29)8-11-25-19;18-15-10-21-16(14-9-12(17(23)24)5-7-20-14)22(15)8-6-11-1-3-13(19)4-2-11/h7-12,17H,2-6,13-16,18H2,1H3,(H,32,33);2-14H,15H2,1H3;1-8,10-11,13-14H,9,12H2,(H,28,29);1-5,7,9-10H,6,8H2,(H,23,24). The van der Waals surface area contributed by atoms with E-state index in [1.807, 2.05) is 141 Å². The summed E-state index contributed by atoms with van der Waals surface area (Å²) in [6.07, 6.45) is 22.9. The summed E-state index contributed by atoms with van der Waals surface area (Å²) in [4.78, 5) is 90.5. The average molecular weight is 1720 g/mol. The zero-order chi connectivity index (χ0) is 81.0. The van der Waals surface area contributed by atoms with Gasteiger partial charge in [-0.05, 0) is 226 Å². The molecule has 1 fully saturated rings. The van der Waals surface area contributed by atoms with Crippen LogP contribution in [0.1, 0.15) is 94.6 Å². The van der Waals surface area contributed by atoms with E-state index in [4.69, 9.17) is 37.8 Å². The van der Waals surface area contributed by atoms with Gasteiger partial charge in [0.1, 0.15) is 43.5 Å². The fourth-order valence-electron chi connectivity index (χ4n) is 13.6. The van der Waals surface area contributed by atoms with Gasteiger partial charge < -0.3 is 52.9 Å². The van der Waals surface area contributed by atoms with Crippen LogP contribution in [0.15, 0.2) is 253 Å². The minimum atomic E-state index is -1.00. The summed E-state index contributed by atoms with van der Waals surface area (Å²) in [5, 5.41) is 29.2. The first-order valence-corrected chi connectivity index (χ1v) is 39.7. The van der Waals surface area contributed by atoms with E-state index in [2.05, 4.69) is 110 Å². The minimum absolute atomic E-state index is 0.168. The summed E-state index contributed by atoms with van der Waals surface area (Å²) in [6.45, 7) is 10.4. The van der Waals surface area contributed by atoms with Crippen LogP contribution in [0.25, 0.3) is 57.5 Å². The van der Waals surface area contributed by atoms with E-state index in [1.165, 1.54) is 91.3 Å². The zero-order valence-corrected chi connectivity index (χ0v) is 67.9. The van der Waals surface area contributed by atoms with Gasteiger partial charge in [-0.25, -0.2) is 39.1 Å². The van der Waals surface area contributed by atoms with Crippen LogP contribution in [-0.2, 0) is 56.6 Å². The number of halogens is 4. The lowest BCUT2D eigenvalue weighted by molar-refractivity contribution is 0.0598. The number of esters is 1. The van der Waals surface area contributed by atoms with Gasteiger partial charge in [0.2, 0.25) is 0 Å². The highest BCUT2D eigenvalue weighted by atomic mass is 79.9. The number of benzene rings is 5. The molecule has 0 saturated carbocycles. The van der Waals surface area contributed by atoms with Crippen LogP contribution in [0.5, 0.6) is 11.5 Å². The summed E-state index contributed by atoms with van der Waals surface area (Å²) in [5.74, 6) is 0.769. The third-order valence-corrected chi connectivity index (χ3v) is 21.4. The van der Waals surface area contributed by atoms with Crippen LogP contribution in [0.2, 0.25) is 10.0 Å². The maximum Gasteiger partial charge on any atom is 0.337 e. The molecule has 9 aromatic heterocycles. The highest BCUT2D eigenvalue weighted by Gasteiger charge is 2.26. The molecule has 116 heavy (non-hydrogen) atoms. The van der Waals surface area contributed by atoms with Crippen LogP contribution in [0.4, 0.5) is 5.69 Å². The number of aryl methyl sites for hydroxylation is 2. The molecule has 5 aromatic carbocycles. The Morgan fingerprint density at radius 3 is 1.48 bits per heavy atom. The van der Waals surface area contributed by atoms with Crippen molar-refractivity contribution in [2.24, 2.45) is 0 Å². The number of likely N-dealkylation sites (N-methyl/N-ethyl adjacent to an activating group) is 1. The molecule has 3 N–H and O–H groups in total. The number of imidazole rings is 4. The number of hydrogen-bond acceptors (Lipinski definition) is 17. The summed E-state index contributed by atoms with van der Waals surface area (Å²) in [6, 6.07) is 55.6. The summed E-state index contributed by atoms with van der Waals surface area (Å²) in [5.41, 5.74) is 14.0.